The first-order valence-corrected chi connectivity index (χ1v) is 12.6. The maximum atomic E-state index is 12.3. The van der Waals surface area contributed by atoms with Gasteiger partial charge in [-0.3, -0.25) is 9.48 Å². The van der Waals surface area contributed by atoms with Crippen molar-refractivity contribution >= 4 is 24.0 Å². The maximum Gasteiger partial charge on any atom is 0.421 e. The van der Waals surface area contributed by atoms with Crippen LogP contribution in [0.3, 0.4) is 0 Å². The lowest BCUT2D eigenvalue weighted by Gasteiger charge is -2.19. The number of unbranched alkanes of at least 4 members (excludes halogenated alkanes) is 2. The number of aryl methyl sites for hydroxylation is 2. The van der Waals surface area contributed by atoms with E-state index in [1.165, 1.54) is 4.57 Å². The summed E-state index contributed by atoms with van der Waals surface area (Å²) in [6.45, 7) is 8.25. The molecule has 10 heteroatoms. The second-order valence-electron chi connectivity index (χ2n) is 9.97. The second-order valence-corrected chi connectivity index (χ2v) is 9.97. The van der Waals surface area contributed by atoms with Gasteiger partial charge in [-0.2, -0.15) is 0 Å². The van der Waals surface area contributed by atoms with Gasteiger partial charge < -0.3 is 15.8 Å². The summed E-state index contributed by atoms with van der Waals surface area (Å²) in [5.41, 5.74) is 8.62. The normalized spacial score (nSPS) is 11.9. The molecule has 198 valence electrons. The second kappa shape index (κ2) is 12.8. The molecule has 0 saturated heterocycles. The molecule has 0 aliphatic rings. The summed E-state index contributed by atoms with van der Waals surface area (Å²) >= 11 is 0. The van der Waals surface area contributed by atoms with Crippen LogP contribution in [-0.2, 0) is 28.9 Å². The zero-order chi connectivity index (χ0) is 26.8. The number of amides is 1. The van der Waals surface area contributed by atoms with Crippen molar-refractivity contribution in [3.63, 3.8) is 0 Å². The lowest BCUT2D eigenvalue weighted by Crippen LogP contribution is -2.27. The van der Waals surface area contributed by atoms with Gasteiger partial charge in [0.15, 0.2) is 0 Å². The zero-order valence-corrected chi connectivity index (χ0v) is 22.1. The number of benzene rings is 1. The van der Waals surface area contributed by atoms with Crippen LogP contribution in [0.15, 0.2) is 48.3 Å². The van der Waals surface area contributed by atoms with Gasteiger partial charge in [0.1, 0.15) is 5.60 Å². The predicted octanol–water partition coefficient (Wildman–Crippen LogP) is 4.02. The number of imidazole rings is 1. The number of hydrogen-bond donors (Lipinski definition) is 2. The molecule has 1 aromatic carbocycles. The van der Waals surface area contributed by atoms with Gasteiger partial charge >= 0.3 is 6.09 Å². The number of aromatic nitrogens is 5. The summed E-state index contributed by atoms with van der Waals surface area (Å²) < 4.78 is 8.35. The summed E-state index contributed by atoms with van der Waals surface area (Å²) in [7, 11) is 0. The summed E-state index contributed by atoms with van der Waals surface area (Å²) in [6, 6.07) is 9.76. The highest BCUT2D eigenvalue weighted by Crippen LogP contribution is 2.14. The smallest absolute Gasteiger partial charge is 0.421 e. The summed E-state index contributed by atoms with van der Waals surface area (Å²) in [5.74, 6) is 0.0429. The van der Waals surface area contributed by atoms with Crippen molar-refractivity contribution in [2.45, 2.75) is 71.9 Å². The highest BCUT2D eigenvalue weighted by Gasteiger charge is 2.20. The Balaban J connectivity index is 1.33. The molecule has 0 spiro atoms. The van der Waals surface area contributed by atoms with Crippen LogP contribution in [0.4, 0.5) is 10.7 Å². The fourth-order valence-electron chi connectivity index (χ4n) is 3.66. The van der Waals surface area contributed by atoms with Crippen molar-refractivity contribution < 1.29 is 14.3 Å². The number of nitrogens with one attached hydrogen (secondary N) is 1. The first-order chi connectivity index (χ1) is 17.6. The van der Waals surface area contributed by atoms with E-state index in [0.29, 0.717) is 18.7 Å². The molecule has 3 rings (SSSR count). The predicted molar refractivity (Wildman–Crippen MR) is 143 cm³/mol. The number of rotatable bonds is 11. The maximum absolute atomic E-state index is 12.3. The SMILES string of the molecule is CC(=Cc1ccccc1)C(=O)NCCn1cc(CCCCCc2cn(C(=O)OC(C)(C)C)c(N)n2)nn1. The van der Waals surface area contributed by atoms with E-state index < -0.39 is 11.7 Å². The van der Waals surface area contributed by atoms with E-state index >= 15 is 0 Å². The van der Waals surface area contributed by atoms with Gasteiger partial charge in [-0.1, -0.05) is 42.0 Å². The molecular weight excluding hydrogens is 470 g/mol. The number of nitrogen functional groups attached to an aromatic ring is 1. The van der Waals surface area contributed by atoms with Gasteiger partial charge in [-0.05, 0) is 65.0 Å². The van der Waals surface area contributed by atoms with Crippen LogP contribution in [0, 0.1) is 0 Å². The Bertz CT molecular complexity index is 1210. The Kier molecular flexibility index (Phi) is 9.59. The molecule has 0 aliphatic heterocycles. The summed E-state index contributed by atoms with van der Waals surface area (Å²) in [6.07, 6.45) is 9.31. The van der Waals surface area contributed by atoms with Crippen LogP contribution >= 0.6 is 0 Å². The number of ether oxygens (including phenoxy) is 1. The lowest BCUT2D eigenvalue weighted by atomic mass is 10.1. The molecule has 0 bridgehead atoms. The fourth-order valence-corrected chi connectivity index (χ4v) is 3.66. The monoisotopic (exact) mass is 507 g/mol. The Morgan fingerprint density at radius 1 is 1.05 bits per heavy atom. The van der Waals surface area contributed by atoms with E-state index in [0.717, 1.165) is 49.1 Å². The van der Waals surface area contributed by atoms with E-state index in [-0.39, 0.29) is 11.9 Å². The van der Waals surface area contributed by atoms with Gasteiger partial charge in [-0.25, -0.2) is 14.3 Å². The average Bonchev–Trinajstić information content (AvgIpc) is 3.44. The highest BCUT2D eigenvalue weighted by molar-refractivity contribution is 5.97. The number of nitrogens with two attached hydrogens (primary N) is 1. The molecule has 0 fully saturated rings. The van der Waals surface area contributed by atoms with E-state index in [4.69, 9.17) is 10.5 Å². The van der Waals surface area contributed by atoms with Gasteiger partial charge in [0.05, 0.1) is 17.9 Å². The number of nitrogens with zero attached hydrogens (tertiary/aromatic N) is 5. The van der Waals surface area contributed by atoms with Crippen LogP contribution in [0.25, 0.3) is 6.08 Å². The van der Waals surface area contributed by atoms with Crippen molar-refractivity contribution in [1.29, 1.82) is 0 Å². The molecule has 0 radical (unpaired) electrons. The molecule has 0 aliphatic carbocycles. The van der Waals surface area contributed by atoms with Crippen LogP contribution in [0.5, 0.6) is 0 Å². The van der Waals surface area contributed by atoms with Gasteiger partial charge in [0.25, 0.3) is 0 Å². The van der Waals surface area contributed by atoms with Gasteiger partial charge in [0, 0.05) is 24.5 Å². The van der Waals surface area contributed by atoms with Crippen molar-refractivity contribution in [1.82, 2.24) is 29.9 Å². The number of hydrogen-bond acceptors (Lipinski definition) is 7. The Morgan fingerprint density at radius 2 is 1.76 bits per heavy atom. The van der Waals surface area contributed by atoms with Gasteiger partial charge in [0.2, 0.25) is 11.9 Å². The highest BCUT2D eigenvalue weighted by atomic mass is 16.6. The molecule has 10 nitrogen and oxygen atoms in total. The minimum Gasteiger partial charge on any atom is -0.443 e. The minimum atomic E-state index is -0.595. The van der Waals surface area contributed by atoms with Crippen LogP contribution in [0.1, 0.15) is 63.9 Å². The molecule has 0 unspecified atom stereocenters. The first-order valence-electron chi connectivity index (χ1n) is 12.6. The third kappa shape index (κ3) is 9.21. The third-order valence-electron chi connectivity index (χ3n) is 5.49. The summed E-state index contributed by atoms with van der Waals surface area (Å²) in [5, 5.41) is 11.3. The number of carbonyl (C=O) groups is 2. The van der Waals surface area contributed by atoms with Crippen molar-refractivity contribution in [2.24, 2.45) is 0 Å². The van der Waals surface area contributed by atoms with Gasteiger partial charge in [-0.15, -0.1) is 5.10 Å². The standard InChI is InChI=1S/C27H37N7O3/c1-20(17-21-11-7-5-8-12-21)24(35)29-15-16-33-18-23(31-32-33)14-10-6-9-13-22-19-34(25(28)30-22)26(36)37-27(2,3)4/h5,7-8,11-12,17-19H,6,9-10,13-16H2,1-4H3,(H2,28,30)(H,29,35). The Labute approximate surface area is 217 Å². The number of carbonyl (C=O) groups excluding carboxylic acids is 2. The molecule has 0 atom stereocenters. The van der Waals surface area contributed by atoms with Crippen LogP contribution in [0.2, 0.25) is 0 Å². The van der Waals surface area contributed by atoms with Crippen molar-refractivity contribution in [3.05, 3.63) is 65.2 Å². The van der Waals surface area contributed by atoms with Crippen LogP contribution in [-0.4, -0.2) is 48.7 Å². The molecule has 3 N–H and O–H groups in total. The van der Waals surface area contributed by atoms with Crippen molar-refractivity contribution in [3.8, 4) is 0 Å². The Morgan fingerprint density at radius 3 is 2.46 bits per heavy atom. The quantitative estimate of drug-likeness (QED) is 0.296. The molecule has 0 saturated carbocycles. The van der Waals surface area contributed by atoms with E-state index in [1.54, 1.807) is 17.8 Å². The molecule has 37 heavy (non-hydrogen) atoms. The third-order valence-corrected chi connectivity index (χ3v) is 5.49. The van der Waals surface area contributed by atoms with Crippen LogP contribution < -0.4 is 11.1 Å². The molecule has 2 heterocycles. The Hall–Kier alpha value is -3.95. The minimum absolute atomic E-state index is 0.0955. The van der Waals surface area contributed by atoms with E-state index in [9.17, 15) is 9.59 Å². The molecular formula is C27H37N7O3. The number of anilines is 1. The zero-order valence-electron chi connectivity index (χ0n) is 22.1. The van der Waals surface area contributed by atoms with E-state index in [1.807, 2.05) is 63.4 Å². The first kappa shape index (κ1) is 27.6. The largest absolute Gasteiger partial charge is 0.443 e. The van der Waals surface area contributed by atoms with E-state index in [2.05, 4.69) is 20.6 Å². The van der Waals surface area contributed by atoms with Crippen molar-refractivity contribution in [2.75, 3.05) is 12.3 Å². The average molecular weight is 508 g/mol. The molecule has 3 aromatic rings. The molecule has 2 aromatic heterocycles. The summed E-state index contributed by atoms with van der Waals surface area (Å²) in [4.78, 5) is 28.8. The lowest BCUT2D eigenvalue weighted by molar-refractivity contribution is -0.117. The fraction of sp³-hybridized carbons (Fsp3) is 0.444. The topological polar surface area (TPSA) is 130 Å². The molecule has 1 amide bonds.